The standard InChI is InChI=1S/C21H26N2O2S/c1-6-15-17(13-7-9-14(10-8-13)21(2,3)4)18-19(24)22-16(11-12-25-5)23-20(18)26-15/h7-10H,6,11-12H2,1-5H3,(H,22,23,24). The second-order valence-corrected chi connectivity index (χ2v) is 8.60. The van der Waals surface area contributed by atoms with Gasteiger partial charge in [-0.15, -0.1) is 11.3 Å². The molecule has 0 saturated heterocycles. The van der Waals surface area contributed by atoms with Crippen molar-refractivity contribution in [1.82, 2.24) is 9.97 Å². The van der Waals surface area contributed by atoms with Gasteiger partial charge in [0.25, 0.3) is 5.56 Å². The van der Waals surface area contributed by atoms with Crippen molar-refractivity contribution in [3.63, 3.8) is 0 Å². The third-order valence-electron chi connectivity index (χ3n) is 4.59. The molecule has 0 atom stereocenters. The third kappa shape index (κ3) is 3.60. The summed E-state index contributed by atoms with van der Waals surface area (Å²) in [5, 5.41) is 0.705. The van der Waals surface area contributed by atoms with Gasteiger partial charge in [0, 0.05) is 24.0 Å². The van der Waals surface area contributed by atoms with Crippen molar-refractivity contribution in [3.05, 3.63) is 50.9 Å². The number of aromatic amines is 1. The maximum atomic E-state index is 12.8. The van der Waals surface area contributed by atoms with Crippen LogP contribution in [0, 0.1) is 0 Å². The lowest BCUT2D eigenvalue weighted by Gasteiger charge is -2.19. The van der Waals surface area contributed by atoms with Gasteiger partial charge in [-0.25, -0.2) is 4.98 Å². The second-order valence-electron chi connectivity index (χ2n) is 7.52. The van der Waals surface area contributed by atoms with Crippen LogP contribution in [0.5, 0.6) is 0 Å². The van der Waals surface area contributed by atoms with Crippen molar-refractivity contribution in [2.24, 2.45) is 0 Å². The van der Waals surface area contributed by atoms with Crippen LogP contribution in [-0.2, 0) is 23.0 Å². The van der Waals surface area contributed by atoms with Crippen molar-refractivity contribution in [2.75, 3.05) is 13.7 Å². The molecule has 138 valence electrons. The molecule has 0 aliphatic carbocycles. The predicted molar refractivity (Wildman–Crippen MR) is 109 cm³/mol. The van der Waals surface area contributed by atoms with E-state index in [2.05, 4.69) is 61.9 Å². The summed E-state index contributed by atoms with van der Waals surface area (Å²) in [6.45, 7) is 9.28. The van der Waals surface area contributed by atoms with Gasteiger partial charge in [-0.2, -0.15) is 0 Å². The number of thiophene rings is 1. The molecule has 0 saturated carbocycles. The fraction of sp³-hybridized carbons (Fsp3) is 0.429. The summed E-state index contributed by atoms with van der Waals surface area (Å²) in [5.74, 6) is 0.683. The highest BCUT2D eigenvalue weighted by atomic mass is 32.1. The largest absolute Gasteiger partial charge is 0.384 e. The van der Waals surface area contributed by atoms with Crippen molar-refractivity contribution in [2.45, 2.75) is 46.0 Å². The van der Waals surface area contributed by atoms with Gasteiger partial charge in [0.1, 0.15) is 10.7 Å². The molecule has 0 aliphatic heterocycles. The smallest absolute Gasteiger partial charge is 0.260 e. The second kappa shape index (κ2) is 7.33. The van der Waals surface area contributed by atoms with E-state index in [4.69, 9.17) is 4.74 Å². The van der Waals surface area contributed by atoms with E-state index in [9.17, 15) is 4.79 Å². The molecule has 0 spiro atoms. The van der Waals surface area contributed by atoms with E-state index in [1.54, 1.807) is 18.4 Å². The number of methoxy groups -OCH3 is 1. The minimum absolute atomic E-state index is 0.0630. The summed E-state index contributed by atoms with van der Waals surface area (Å²) in [6, 6.07) is 8.57. The Kier molecular flexibility index (Phi) is 5.30. The molecule has 0 unspecified atom stereocenters. The Bertz CT molecular complexity index is 963. The summed E-state index contributed by atoms with van der Waals surface area (Å²) < 4.78 is 5.10. The minimum atomic E-state index is -0.0630. The maximum Gasteiger partial charge on any atom is 0.260 e. The third-order valence-corrected chi connectivity index (χ3v) is 5.82. The summed E-state index contributed by atoms with van der Waals surface area (Å²) in [5.41, 5.74) is 3.44. The molecule has 26 heavy (non-hydrogen) atoms. The summed E-state index contributed by atoms with van der Waals surface area (Å²) >= 11 is 1.62. The lowest BCUT2D eigenvalue weighted by atomic mass is 9.86. The van der Waals surface area contributed by atoms with E-state index in [1.165, 1.54) is 10.4 Å². The SMILES string of the molecule is CCc1sc2nc(CCOC)[nH]c(=O)c2c1-c1ccc(C(C)(C)C)cc1. The highest BCUT2D eigenvalue weighted by molar-refractivity contribution is 7.19. The van der Waals surface area contributed by atoms with E-state index in [0.29, 0.717) is 24.2 Å². The Hall–Kier alpha value is -1.98. The fourth-order valence-electron chi connectivity index (χ4n) is 3.11. The van der Waals surface area contributed by atoms with Crippen LogP contribution in [0.1, 0.15) is 44.0 Å². The first kappa shape index (κ1) is 18.8. The molecule has 0 fully saturated rings. The highest BCUT2D eigenvalue weighted by Gasteiger charge is 2.19. The van der Waals surface area contributed by atoms with Crippen LogP contribution in [0.3, 0.4) is 0 Å². The number of fused-ring (bicyclic) bond motifs is 1. The van der Waals surface area contributed by atoms with Crippen LogP contribution in [0.2, 0.25) is 0 Å². The topological polar surface area (TPSA) is 55.0 Å². The molecular formula is C21H26N2O2S. The maximum absolute atomic E-state index is 12.8. The Morgan fingerprint density at radius 2 is 1.88 bits per heavy atom. The van der Waals surface area contributed by atoms with Crippen LogP contribution in [-0.4, -0.2) is 23.7 Å². The molecule has 1 aromatic carbocycles. The average Bonchev–Trinajstić information content (AvgIpc) is 2.98. The molecule has 5 heteroatoms. The minimum Gasteiger partial charge on any atom is -0.384 e. The number of hydrogen-bond donors (Lipinski definition) is 1. The van der Waals surface area contributed by atoms with E-state index < -0.39 is 0 Å². The van der Waals surface area contributed by atoms with Crippen molar-refractivity contribution >= 4 is 21.6 Å². The van der Waals surface area contributed by atoms with Gasteiger partial charge in [-0.1, -0.05) is 52.0 Å². The molecule has 1 N–H and O–H groups in total. The van der Waals surface area contributed by atoms with Crippen LogP contribution >= 0.6 is 11.3 Å². The van der Waals surface area contributed by atoms with Crippen molar-refractivity contribution in [3.8, 4) is 11.1 Å². The number of nitrogens with zero attached hydrogens (tertiary/aromatic N) is 1. The quantitative estimate of drug-likeness (QED) is 0.708. The number of benzene rings is 1. The lowest BCUT2D eigenvalue weighted by Crippen LogP contribution is -2.13. The first-order valence-electron chi connectivity index (χ1n) is 8.99. The number of H-pyrrole nitrogens is 1. The number of nitrogens with one attached hydrogen (secondary N) is 1. The van der Waals surface area contributed by atoms with Gasteiger partial charge in [0.05, 0.1) is 12.0 Å². The molecule has 4 nitrogen and oxygen atoms in total. The molecule has 0 amide bonds. The zero-order chi connectivity index (χ0) is 18.9. The normalized spacial score (nSPS) is 12.0. The van der Waals surface area contributed by atoms with Crippen LogP contribution in [0.4, 0.5) is 0 Å². The first-order chi connectivity index (χ1) is 12.3. The molecule has 2 heterocycles. The van der Waals surface area contributed by atoms with Crippen LogP contribution in [0.15, 0.2) is 29.1 Å². The van der Waals surface area contributed by atoms with Gasteiger partial charge >= 0.3 is 0 Å². The Balaban J connectivity index is 2.14. The lowest BCUT2D eigenvalue weighted by molar-refractivity contribution is 0.200. The van der Waals surface area contributed by atoms with Crippen molar-refractivity contribution in [1.29, 1.82) is 0 Å². The van der Waals surface area contributed by atoms with E-state index in [-0.39, 0.29) is 11.0 Å². The van der Waals surface area contributed by atoms with Crippen LogP contribution in [0.25, 0.3) is 21.3 Å². The number of aryl methyl sites for hydroxylation is 1. The predicted octanol–water partition coefficient (Wildman–Crippen LogP) is 4.70. The number of hydrogen-bond acceptors (Lipinski definition) is 4. The number of rotatable bonds is 5. The molecule has 2 aromatic heterocycles. The number of aromatic nitrogens is 2. The van der Waals surface area contributed by atoms with Gasteiger partial charge in [0.2, 0.25) is 0 Å². The molecule has 0 radical (unpaired) electrons. The van der Waals surface area contributed by atoms with Crippen LogP contribution < -0.4 is 5.56 Å². The van der Waals surface area contributed by atoms with Crippen molar-refractivity contribution < 1.29 is 4.74 Å². The van der Waals surface area contributed by atoms with E-state index in [0.717, 1.165) is 22.4 Å². The Morgan fingerprint density at radius 1 is 1.19 bits per heavy atom. The van der Waals surface area contributed by atoms with E-state index >= 15 is 0 Å². The molecule has 3 rings (SSSR count). The summed E-state index contributed by atoms with van der Waals surface area (Å²) in [6.07, 6.45) is 1.49. The summed E-state index contributed by atoms with van der Waals surface area (Å²) in [7, 11) is 1.65. The zero-order valence-electron chi connectivity index (χ0n) is 16.1. The van der Waals surface area contributed by atoms with Gasteiger partial charge in [-0.05, 0) is 23.0 Å². The molecular weight excluding hydrogens is 344 g/mol. The fourth-order valence-corrected chi connectivity index (χ4v) is 4.26. The number of ether oxygens (including phenoxy) is 1. The molecule has 0 bridgehead atoms. The first-order valence-corrected chi connectivity index (χ1v) is 9.81. The zero-order valence-corrected chi connectivity index (χ0v) is 16.9. The Labute approximate surface area is 158 Å². The van der Waals surface area contributed by atoms with Gasteiger partial charge in [-0.3, -0.25) is 4.79 Å². The summed E-state index contributed by atoms with van der Waals surface area (Å²) in [4.78, 5) is 22.4. The molecule has 0 aliphatic rings. The van der Waals surface area contributed by atoms with E-state index in [1.807, 2.05) is 0 Å². The average molecular weight is 371 g/mol. The molecule has 3 aromatic rings. The van der Waals surface area contributed by atoms with Gasteiger partial charge in [0.15, 0.2) is 0 Å². The highest BCUT2D eigenvalue weighted by Crippen LogP contribution is 2.37. The Morgan fingerprint density at radius 3 is 2.46 bits per heavy atom. The monoisotopic (exact) mass is 370 g/mol. The van der Waals surface area contributed by atoms with Gasteiger partial charge < -0.3 is 9.72 Å².